The van der Waals surface area contributed by atoms with E-state index in [-0.39, 0.29) is 6.03 Å². The van der Waals surface area contributed by atoms with Crippen LogP contribution in [0.1, 0.15) is 17.1 Å². The third kappa shape index (κ3) is 3.90. The summed E-state index contributed by atoms with van der Waals surface area (Å²) >= 11 is 1.53. The van der Waals surface area contributed by atoms with Crippen LogP contribution in [0, 0.1) is 13.8 Å². The maximum Gasteiger partial charge on any atom is 0.323 e. The Morgan fingerprint density at radius 3 is 2.92 bits per heavy atom. The number of H-pyrrole nitrogens is 1. The zero-order chi connectivity index (χ0) is 16.9. The number of hydrogen-bond donors (Lipinski definition) is 3. The molecule has 0 atom stereocenters. The summed E-state index contributed by atoms with van der Waals surface area (Å²) in [6.07, 6.45) is 0. The van der Waals surface area contributed by atoms with Crippen LogP contribution in [0.15, 0.2) is 35.2 Å². The van der Waals surface area contributed by atoms with Gasteiger partial charge in [0.1, 0.15) is 12.4 Å². The molecule has 0 saturated carbocycles. The minimum absolute atomic E-state index is 0.334. The van der Waals surface area contributed by atoms with Crippen LogP contribution in [-0.4, -0.2) is 21.2 Å². The van der Waals surface area contributed by atoms with Gasteiger partial charge < -0.3 is 15.4 Å². The Bertz CT molecular complexity index is 809. The highest BCUT2D eigenvalue weighted by molar-refractivity contribution is 7.07. The molecular weight excluding hydrogens is 326 g/mol. The summed E-state index contributed by atoms with van der Waals surface area (Å²) in [6, 6.07) is 6.88. The van der Waals surface area contributed by atoms with E-state index in [1.165, 1.54) is 11.3 Å². The summed E-state index contributed by atoms with van der Waals surface area (Å²) in [4.78, 5) is 16.3. The summed E-state index contributed by atoms with van der Waals surface area (Å²) in [5, 5.41) is 14.4. The Morgan fingerprint density at radius 2 is 2.21 bits per heavy atom. The number of rotatable bonds is 5. The number of aryl methyl sites for hydroxylation is 2. The van der Waals surface area contributed by atoms with Gasteiger partial charge in [0.2, 0.25) is 0 Å². The molecule has 0 bridgehead atoms. The van der Waals surface area contributed by atoms with E-state index in [0.717, 1.165) is 17.1 Å². The molecule has 0 fully saturated rings. The van der Waals surface area contributed by atoms with Crippen molar-refractivity contribution in [2.75, 3.05) is 10.6 Å². The molecule has 8 heteroatoms. The highest BCUT2D eigenvalue weighted by Gasteiger charge is 2.10. The monoisotopic (exact) mass is 343 g/mol. The molecular formula is C16H17N5O2S. The van der Waals surface area contributed by atoms with Crippen LogP contribution in [0.3, 0.4) is 0 Å². The largest absolute Gasteiger partial charge is 0.487 e. The summed E-state index contributed by atoms with van der Waals surface area (Å²) in [5.41, 5.74) is 5.51. The molecule has 0 aliphatic rings. The van der Waals surface area contributed by atoms with Crippen LogP contribution >= 0.6 is 11.3 Å². The van der Waals surface area contributed by atoms with Gasteiger partial charge >= 0.3 is 6.03 Å². The number of aromatic nitrogens is 3. The lowest BCUT2D eigenvalue weighted by Gasteiger charge is -2.10. The first kappa shape index (κ1) is 16.0. The van der Waals surface area contributed by atoms with Crippen molar-refractivity contribution in [3.63, 3.8) is 0 Å². The number of aromatic amines is 1. The average molecular weight is 343 g/mol. The molecule has 0 aliphatic heterocycles. The van der Waals surface area contributed by atoms with Gasteiger partial charge in [-0.3, -0.25) is 5.10 Å². The molecule has 1 aromatic carbocycles. The SMILES string of the molecule is Cc1n[nH]c(C)c1NC(=O)Nc1cccc(OCc2cscn2)c1. The second-order valence-electron chi connectivity index (χ2n) is 5.18. The average Bonchev–Trinajstić information content (AvgIpc) is 3.19. The number of anilines is 2. The van der Waals surface area contributed by atoms with Crippen molar-refractivity contribution in [3.05, 3.63) is 52.2 Å². The van der Waals surface area contributed by atoms with Crippen LogP contribution in [-0.2, 0) is 6.61 Å². The Hall–Kier alpha value is -2.87. The number of urea groups is 1. The van der Waals surface area contributed by atoms with Gasteiger partial charge in [-0.05, 0) is 26.0 Å². The number of carbonyl (C=O) groups excluding carboxylic acids is 1. The van der Waals surface area contributed by atoms with Crippen molar-refractivity contribution >= 4 is 28.7 Å². The predicted octanol–water partition coefficient (Wildman–Crippen LogP) is 3.71. The maximum atomic E-state index is 12.1. The molecule has 0 saturated heterocycles. The maximum absolute atomic E-state index is 12.1. The molecule has 2 aromatic heterocycles. The van der Waals surface area contributed by atoms with E-state index in [4.69, 9.17) is 4.74 Å². The summed E-state index contributed by atoms with van der Waals surface area (Å²) in [7, 11) is 0. The first-order chi connectivity index (χ1) is 11.6. The van der Waals surface area contributed by atoms with Gasteiger partial charge in [0, 0.05) is 17.1 Å². The van der Waals surface area contributed by atoms with Crippen LogP contribution < -0.4 is 15.4 Å². The quantitative estimate of drug-likeness (QED) is 0.658. The van der Waals surface area contributed by atoms with E-state index in [1.54, 1.807) is 17.6 Å². The fraction of sp³-hybridized carbons (Fsp3) is 0.188. The molecule has 124 valence electrons. The minimum Gasteiger partial charge on any atom is -0.487 e. The van der Waals surface area contributed by atoms with Crippen molar-refractivity contribution in [3.8, 4) is 5.75 Å². The molecule has 3 rings (SSSR count). The topological polar surface area (TPSA) is 91.9 Å². The van der Waals surface area contributed by atoms with E-state index in [1.807, 2.05) is 31.4 Å². The second-order valence-corrected chi connectivity index (χ2v) is 5.90. The molecule has 7 nitrogen and oxygen atoms in total. The number of benzene rings is 1. The highest BCUT2D eigenvalue weighted by atomic mass is 32.1. The van der Waals surface area contributed by atoms with Gasteiger partial charge in [-0.25, -0.2) is 9.78 Å². The van der Waals surface area contributed by atoms with Gasteiger partial charge in [0.15, 0.2) is 0 Å². The van der Waals surface area contributed by atoms with Gasteiger partial charge in [0.05, 0.1) is 28.3 Å². The number of carbonyl (C=O) groups is 1. The van der Waals surface area contributed by atoms with Crippen LogP contribution in [0.4, 0.5) is 16.2 Å². The lowest BCUT2D eigenvalue weighted by atomic mass is 10.3. The number of amides is 2. The van der Waals surface area contributed by atoms with E-state index in [2.05, 4.69) is 25.8 Å². The second kappa shape index (κ2) is 7.14. The fourth-order valence-electron chi connectivity index (χ4n) is 2.14. The molecule has 2 heterocycles. The lowest BCUT2D eigenvalue weighted by molar-refractivity contribution is 0.262. The van der Waals surface area contributed by atoms with Crippen molar-refractivity contribution < 1.29 is 9.53 Å². The van der Waals surface area contributed by atoms with Gasteiger partial charge in [-0.15, -0.1) is 11.3 Å². The smallest absolute Gasteiger partial charge is 0.323 e. The Labute approximate surface area is 143 Å². The van der Waals surface area contributed by atoms with Crippen LogP contribution in [0.5, 0.6) is 5.75 Å². The van der Waals surface area contributed by atoms with E-state index < -0.39 is 0 Å². The summed E-state index contributed by atoms with van der Waals surface area (Å²) < 4.78 is 5.67. The molecule has 0 radical (unpaired) electrons. The highest BCUT2D eigenvalue weighted by Crippen LogP contribution is 2.20. The Balaban J connectivity index is 1.60. The molecule has 3 N–H and O–H groups in total. The van der Waals surface area contributed by atoms with Crippen LogP contribution in [0.25, 0.3) is 0 Å². The minimum atomic E-state index is -0.334. The molecule has 2 amide bonds. The lowest BCUT2D eigenvalue weighted by Crippen LogP contribution is -2.20. The third-order valence-electron chi connectivity index (χ3n) is 3.33. The van der Waals surface area contributed by atoms with Crippen molar-refractivity contribution in [2.24, 2.45) is 0 Å². The number of thiazole rings is 1. The summed E-state index contributed by atoms with van der Waals surface area (Å²) in [6.45, 7) is 4.07. The van der Waals surface area contributed by atoms with E-state index in [9.17, 15) is 4.79 Å². The number of nitrogens with one attached hydrogen (secondary N) is 3. The predicted molar refractivity (Wildman–Crippen MR) is 93.6 cm³/mol. The number of nitrogens with zero attached hydrogens (tertiary/aromatic N) is 2. The zero-order valence-corrected chi connectivity index (χ0v) is 14.1. The van der Waals surface area contributed by atoms with Crippen molar-refractivity contribution in [2.45, 2.75) is 20.5 Å². The molecule has 0 aliphatic carbocycles. The molecule has 0 spiro atoms. The van der Waals surface area contributed by atoms with Gasteiger partial charge in [-0.2, -0.15) is 5.10 Å². The summed E-state index contributed by atoms with van der Waals surface area (Å²) in [5.74, 6) is 0.663. The molecule has 3 aromatic rings. The zero-order valence-electron chi connectivity index (χ0n) is 13.3. The van der Waals surface area contributed by atoms with Crippen molar-refractivity contribution in [1.29, 1.82) is 0 Å². The van der Waals surface area contributed by atoms with Crippen LogP contribution in [0.2, 0.25) is 0 Å². The first-order valence-electron chi connectivity index (χ1n) is 7.31. The van der Waals surface area contributed by atoms with Gasteiger partial charge in [-0.1, -0.05) is 6.07 Å². The Kier molecular flexibility index (Phi) is 4.76. The van der Waals surface area contributed by atoms with Crippen molar-refractivity contribution in [1.82, 2.24) is 15.2 Å². The standard InChI is InChI=1S/C16H17N5O2S/c1-10-15(11(2)21-20-10)19-16(22)18-12-4-3-5-14(6-12)23-7-13-8-24-9-17-13/h3-6,8-9H,7H2,1-2H3,(H,20,21)(H2,18,19,22). The molecule has 0 unspecified atom stereocenters. The fourth-order valence-corrected chi connectivity index (χ4v) is 2.68. The van der Waals surface area contributed by atoms with E-state index >= 15 is 0 Å². The number of hydrogen-bond acceptors (Lipinski definition) is 5. The van der Waals surface area contributed by atoms with Gasteiger partial charge in [0.25, 0.3) is 0 Å². The first-order valence-corrected chi connectivity index (χ1v) is 8.25. The third-order valence-corrected chi connectivity index (χ3v) is 3.96. The molecule has 24 heavy (non-hydrogen) atoms. The van der Waals surface area contributed by atoms with E-state index in [0.29, 0.717) is 23.7 Å². The Morgan fingerprint density at radius 1 is 1.33 bits per heavy atom. The number of ether oxygens (including phenoxy) is 1. The normalized spacial score (nSPS) is 10.4.